The fourth-order valence-electron chi connectivity index (χ4n) is 3.65. The van der Waals surface area contributed by atoms with Gasteiger partial charge in [-0.25, -0.2) is 0 Å². The zero-order valence-electron chi connectivity index (χ0n) is 14.7. The van der Waals surface area contributed by atoms with E-state index in [4.69, 9.17) is 0 Å². The van der Waals surface area contributed by atoms with Crippen LogP contribution in [0.15, 0.2) is 42.6 Å². The van der Waals surface area contributed by atoms with Crippen molar-refractivity contribution in [2.24, 2.45) is 0 Å². The van der Waals surface area contributed by atoms with Crippen molar-refractivity contribution in [2.45, 2.75) is 32.6 Å². The van der Waals surface area contributed by atoms with Crippen molar-refractivity contribution in [3.05, 3.63) is 59.5 Å². The van der Waals surface area contributed by atoms with Gasteiger partial charge in [0, 0.05) is 30.3 Å². The SMILES string of the molecule is Cc1ccc(N2CCC(c3[nH]ncc3-c3ccccc3C)CC2)nn1. The number of benzene rings is 1. The molecule has 5 heteroatoms. The molecule has 1 saturated heterocycles. The fourth-order valence-corrected chi connectivity index (χ4v) is 3.65. The van der Waals surface area contributed by atoms with Gasteiger partial charge in [0.05, 0.1) is 11.9 Å². The number of nitrogens with one attached hydrogen (secondary N) is 1. The molecule has 1 aliphatic heterocycles. The van der Waals surface area contributed by atoms with Crippen molar-refractivity contribution in [1.29, 1.82) is 0 Å². The molecule has 0 bridgehead atoms. The van der Waals surface area contributed by atoms with E-state index in [1.165, 1.54) is 22.4 Å². The summed E-state index contributed by atoms with van der Waals surface area (Å²) in [6.45, 7) is 6.11. The van der Waals surface area contributed by atoms with Crippen LogP contribution in [0.25, 0.3) is 11.1 Å². The number of anilines is 1. The lowest BCUT2D eigenvalue weighted by Gasteiger charge is -2.32. The molecule has 0 unspecified atom stereocenters. The summed E-state index contributed by atoms with van der Waals surface area (Å²) in [7, 11) is 0. The van der Waals surface area contributed by atoms with Gasteiger partial charge in [0.2, 0.25) is 0 Å². The van der Waals surface area contributed by atoms with E-state index in [9.17, 15) is 0 Å². The number of H-pyrrole nitrogens is 1. The normalized spacial score (nSPS) is 15.5. The van der Waals surface area contributed by atoms with E-state index in [0.717, 1.165) is 37.4 Å². The first-order valence-electron chi connectivity index (χ1n) is 8.87. The highest BCUT2D eigenvalue weighted by Gasteiger charge is 2.25. The zero-order valence-corrected chi connectivity index (χ0v) is 14.7. The van der Waals surface area contributed by atoms with Gasteiger partial charge < -0.3 is 4.90 Å². The lowest BCUT2D eigenvalue weighted by molar-refractivity contribution is 0.492. The second-order valence-corrected chi connectivity index (χ2v) is 6.81. The standard InChI is InChI=1S/C20H23N5/c1-14-5-3-4-6-17(14)18-13-21-24-20(18)16-9-11-25(12-10-16)19-8-7-15(2)22-23-19/h3-8,13,16H,9-12H2,1-2H3,(H,21,24). The van der Waals surface area contributed by atoms with Gasteiger partial charge in [0.15, 0.2) is 5.82 Å². The summed E-state index contributed by atoms with van der Waals surface area (Å²) >= 11 is 0. The van der Waals surface area contributed by atoms with Crippen molar-refractivity contribution >= 4 is 5.82 Å². The van der Waals surface area contributed by atoms with Gasteiger partial charge in [-0.05, 0) is 49.9 Å². The third-order valence-corrected chi connectivity index (χ3v) is 5.12. The highest BCUT2D eigenvalue weighted by atomic mass is 15.3. The van der Waals surface area contributed by atoms with Crippen molar-refractivity contribution in [3.8, 4) is 11.1 Å². The zero-order chi connectivity index (χ0) is 17.2. The first-order valence-corrected chi connectivity index (χ1v) is 8.87. The number of nitrogens with zero attached hydrogens (tertiary/aromatic N) is 4. The minimum atomic E-state index is 0.506. The Labute approximate surface area is 148 Å². The number of hydrogen-bond acceptors (Lipinski definition) is 4. The first-order chi connectivity index (χ1) is 12.2. The summed E-state index contributed by atoms with van der Waals surface area (Å²) in [5.41, 5.74) is 6.03. The molecule has 128 valence electrons. The van der Waals surface area contributed by atoms with E-state index in [0.29, 0.717) is 5.92 Å². The van der Waals surface area contributed by atoms with Crippen molar-refractivity contribution < 1.29 is 0 Å². The molecule has 0 amide bonds. The summed E-state index contributed by atoms with van der Waals surface area (Å²) in [4.78, 5) is 2.33. The lowest BCUT2D eigenvalue weighted by Crippen LogP contribution is -2.33. The van der Waals surface area contributed by atoms with Gasteiger partial charge in [-0.2, -0.15) is 10.2 Å². The molecule has 0 saturated carbocycles. The molecule has 1 fully saturated rings. The minimum absolute atomic E-state index is 0.506. The second-order valence-electron chi connectivity index (χ2n) is 6.81. The maximum atomic E-state index is 4.34. The van der Waals surface area contributed by atoms with Crippen molar-refractivity contribution in [3.63, 3.8) is 0 Å². The second kappa shape index (κ2) is 6.67. The topological polar surface area (TPSA) is 57.7 Å². The predicted octanol–water partition coefficient (Wildman–Crippen LogP) is 3.87. The Bertz CT molecular complexity index is 845. The summed E-state index contributed by atoms with van der Waals surface area (Å²) in [6.07, 6.45) is 4.16. The van der Waals surface area contributed by atoms with E-state index in [2.05, 4.69) is 62.6 Å². The summed E-state index contributed by atoms with van der Waals surface area (Å²) < 4.78 is 0. The number of aromatic nitrogens is 4. The van der Waals surface area contributed by atoms with Gasteiger partial charge in [-0.3, -0.25) is 5.10 Å². The van der Waals surface area contributed by atoms with Crippen LogP contribution < -0.4 is 4.90 Å². The smallest absolute Gasteiger partial charge is 0.151 e. The number of aromatic amines is 1. The van der Waals surface area contributed by atoms with E-state index in [1.807, 2.05) is 19.2 Å². The molecule has 5 nitrogen and oxygen atoms in total. The van der Waals surface area contributed by atoms with E-state index < -0.39 is 0 Å². The maximum absolute atomic E-state index is 4.34. The Hall–Kier alpha value is -2.69. The van der Waals surface area contributed by atoms with E-state index >= 15 is 0 Å². The fraction of sp³-hybridized carbons (Fsp3) is 0.350. The molecule has 3 aromatic rings. The predicted molar refractivity (Wildman–Crippen MR) is 99.7 cm³/mol. The lowest BCUT2D eigenvalue weighted by atomic mass is 9.88. The van der Waals surface area contributed by atoms with Gasteiger partial charge >= 0.3 is 0 Å². The average molecular weight is 333 g/mol. The number of aryl methyl sites for hydroxylation is 2. The van der Waals surface area contributed by atoms with Crippen LogP contribution in [-0.4, -0.2) is 33.5 Å². The molecular weight excluding hydrogens is 310 g/mol. The molecule has 0 radical (unpaired) electrons. The highest BCUT2D eigenvalue weighted by molar-refractivity contribution is 5.69. The van der Waals surface area contributed by atoms with Crippen molar-refractivity contribution in [2.75, 3.05) is 18.0 Å². The van der Waals surface area contributed by atoms with E-state index in [1.54, 1.807) is 0 Å². The molecule has 1 aromatic carbocycles. The minimum Gasteiger partial charge on any atom is -0.355 e. The van der Waals surface area contributed by atoms with Gasteiger partial charge in [-0.15, -0.1) is 5.10 Å². The third-order valence-electron chi connectivity index (χ3n) is 5.12. The molecule has 1 N–H and O–H groups in total. The molecule has 0 atom stereocenters. The van der Waals surface area contributed by atoms with Crippen LogP contribution in [0, 0.1) is 13.8 Å². The van der Waals surface area contributed by atoms with Crippen LogP contribution in [0.1, 0.15) is 35.7 Å². The van der Waals surface area contributed by atoms with Crippen LogP contribution in [0.3, 0.4) is 0 Å². The van der Waals surface area contributed by atoms with Crippen LogP contribution in [0.5, 0.6) is 0 Å². The molecule has 0 aliphatic carbocycles. The summed E-state index contributed by atoms with van der Waals surface area (Å²) in [5, 5.41) is 16.1. The molecule has 4 rings (SSSR count). The third kappa shape index (κ3) is 3.14. The average Bonchev–Trinajstić information content (AvgIpc) is 3.12. The van der Waals surface area contributed by atoms with Gasteiger partial charge in [-0.1, -0.05) is 24.3 Å². The summed E-state index contributed by atoms with van der Waals surface area (Å²) in [5.74, 6) is 1.49. The molecule has 2 aromatic heterocycles. The molecule has 3 heterocycles. The van der Waals surface area contributed by atoms with Crippen LogP contribution in [0.4, 0.5) is 5.82 Å². The van der Waals surface area contributed by atoms with Gasteiger partial charge in [0.25, 0.3) is 0 Å². The van der Waals surface area contributed by atoms with E-state index in [-0.39, 0.29) is 0 Å². The summed E-state index contributed by atoms with van der Waals surface area (Å²) in [6, 6.07) is 12.6. The number of hydrogen-bond donors (Lipinski definition) is 1. The number of piperidine rings is 1. The Morgan fingerprint density at radius 1 is 0.960 bits per heavy atom. The van der Waals surface area contributed by atoms with Crippen molar-refractivity contribution in [1.82, 2.24) is 20.4 Å². The molecule has 25 heavy (non-hydrogen) atoms. The Morgan fingerprint density at radius 2 is 1.76 bits per heavy atom. The van der Waals surface area contributed by atoms with Gasteiger partial charge in [0.1, 0.15) is 0 Å². The van der Waals surface area contributed by atoms with Crippen LogP contribution in [-0.2, 0) is 0 Å². The molecule has 0 spiro atoms. The first kappa shape index (κ1) is 15.8. The molecule has 1 aliphatic rings. The Kier molecular flexibility index (Phi) is 4.22. The van der Waals surface area contributed by atoms with Crippen LogP contribution in [0.2, 0.25) is 0 Å². The highest BCUT2D eigenvalue weighted by Crippen LogP contribution is 2.35. The maximum Gasteiger partial charge on any atom is 0.151 e. The van der Waals surface area contributed by atoms with Crippen LogP contribution >= 0.6 is 0 Å². The Morgan fingerprint density at radius 3 is 2.48 bits per heavy atom. The number of rotatable bonds is 3. The Balaban J connectivity index is 1.51. The quantitative estimate of drug-likeness (QED) is 0.790. The monoisotopic (exact) mass is 333 g/mol. The largest absolute Gasteiger partial charge is 0.355 e. The molecular formula is C20H23N5.